The Morgan fingerprint density at radius 3 is 2.67 bits per heavy atom. The van der Waals surface area contributed by atoms with Gasteiger partial charge in [0.25, 0.3) is 0 Å². The molecule has 0 bridgehead atoms. The highest BCUT2D eigenvalue weighted by molar-refractivity contribution is 5.68. The lowest BCUT2D eigenvalue weighted by atomic mass is 10.1. The summed E-state index contributed by atoms with van der Waals surface area (Å²) in [5, 5.41) is 20.0. The van der Waals surface area contributed by atoms with E-state index in [1.807, 2.05) is 20.8 Å². The molecule has 0 aliphatic heterocycles. The summed E-state index contributed by atoms with van der Waals surface area (Å²) in [7, 11) is 0. The molecule has 0 spiro atoms. The molecule has 1 aliphatic rings. The summed E-state index contributed by atoms with van der Waals surface area (Å²) in [5.41, 5.74) is -0.630. The molecule has 27 heavy (non-hydrogen) atoms. The van der Waals surface area contributed by atoms with Crippen LogP contribution in [0.4, 0.5) is 22.2 Å². The molecule has 0 saturated heterocycles. The first-order valence-electron chi connectivity index (χ1n) is 9.14. The Kier molecular flexibility index (Phi) is 6.75. The van der Waals surface area contributed by atoms with Gasteiger partial charge in [0.05, 0.1) is 11.5 Å². The monoisotopic (exact) mass is 380 g/mol. The van der Waals surface area contributed by atoms with Gasteiger partial charge in [0.1, 0.15) is 12.3 Å². The molecule has 2 rings (SSSR count). The number of rotatable bonds is 7. The molecule has 1 heterocycles. The van der Waals surface area contributed by atoms with E-state index in [2.05, 4.69) is 25.9 Å². The molecule has 1 fully saturated rings. The van der Waals surface area contributed by atoms with Crippen molar-refractivity contribution in [1.29, 1.82) is 0 Å². The van der Waals surface area contributed by atoms with Crippen molar-refractivity contribution in [3.8, 4) is 0 Å². The molecule has 150 valence electrons. The Morgan fingerprint density at radius 1 is 1.41 bits per heavy atom. The molecule has 1 atom stereocenters. The molecular weight excluding hydrogens is 352 g/mol. The average Bonchev–Trinajstić information content (AvgIpc) is 3.03. The number of carbonyl (C=O) groups excluding carboxylic acids is 1. The summed E-state index contributed by atoms with van der Waals surface area (Å²) < 4.78 is 5.24. The minimum absolute atomic E-state index is 0.0992. The Labute approximate surface area is 158 Å². The second-order valence-corrected chi connectivity index (χ2v) is 7.78. The van der Waals surface area contributed by atoms with Crippen molar-refractivity contribution < 1.29 is 14.5 Å². The standard InChI is InChI=1S/C17H28N6O4/c1-11(27-16(24)22-17(2,3)4)9-18-14-13(23(25)26)10-19-15(21-14)20-12-7-5-6-8-12/h10-12H,5-9H2,1-4H3,(H,22,24)(H2,18,19,20,21). The highest BCUT2D eigenvalue weighted by Crippen LogP contribution is 2.25. The number of hydrogen-bond acceptors (Lipinski definition) is 8. The van der Waals surface area contributed by atoms with E-state index in [0.717, 1.165) is 25.7 Å². The summed E-state index contributed by atoms with van der Waals surface area (Å²) in [4.78, 5) is 30.8. The minimum Gasteiger partial charge on any atom is -0.445 e. The number of alkyl carbamates (subject to hydrolysis) is 1. The number of amides is 1. The van der Waals surface area contributed by atoms with Gasteiger partial charge in [0, 0.05) is 11.6 Å². The molecule has 0 aromatic carbocycles. The van der Waals surface area contributed by atoms with Gasteiger partial charge in [-0.3, -0.25) is 10.1 Å². The largest absolute Gasteiger partial charge is 0.445 e. The van der Waals surface area contributed by atoms with Gasteiger partial charge < -0.3 is 20.7 Å². The van der Waals surface area contributed by atoms with Crippen LogP contribution in [0.2, 0.25) is 0 Å². The van der Waals surface area contributed by atoms with Crippen LogP contribution in [0.25, 0.3) is 0 Å². The van der Waals surface area contributed by atoms with Crippen molar-refractivity contribution in [3.05, 3.63) is 16.3 Å². The van der Waals surface area contributed by atoms with Gasteiger partial charge in [-0.25, -0.2) is 9.78 Å². The molecule has 1 saturated carbocycles. The van der Waals surface area contributed by atoms with Gasteiger partial charge in [0.15, 0.2) is 0 Å². The van der Waals surface area contributed by atoms with E-state index in [9.17, 15) is 14.9 Å². The smallest absolute Gasteiger partial charge is 0.407 e. The quantitative estimate of drug-likeness (QED) is 0.486. The van der Waals surface area contributed by atoms with Gasteiger partial charge >= 0.3 is 11.8 Å². The SMILES string of the molecule is CC(CNc1nc(NC2CCCC2)ncc1[N+](=O)[O-])OC(=O)NC(C)(C)C. The van der Waals surface area contributed by atoms with Gasteiger partial charge in [-0.15, -0.1) is 0 Å². The van der Waals surface area contributed by atoms with Crippen molar-refractivity contribution in [1.82, 2.24) is 15.3 Å². The highest BCUT2D eigenvalue weighted by atomic mass is 16.6. The third-order valence-electron chi connectivity index (χ3n) is 4.00. The van der Waals surface area contributed by atoms with E-state index < -0.39 is 22.7 Å². The molecule has 10 nitrogen and oxygen atoms in total. The predicted molar refractivity (Wildman–Crippen MR) is 102 cm³/mol. The summed E-state index contributed by atoms with van der Waals surface area (Å²) in [6.07, 6.45) is 4.52. The van der Waals surface area contributed by atoms with Crippen LogP contribution in [0.5, 0.6) is 0 Å². The van der Waals surface area contributed by atoms with Crippen molar-refractivity contribution in [2.24, 2.45) is 0 Å². The van der Waals surface area contributed by atoms with Crippen LogP contribution >= 0.6 is 0 Å². The van der Waals surface area contributed by atoms with E-state index in [1.165, 1.54) is 6.20 Å². The third kappa shape index (κ3) is 6.87. The second-order valence-electron chi connectivity index (χ2n) is 7.78. The van der Waals surface area contributed by atoms with Crippen LogP contribution in [0, 0.1) is 10.1 Å². The fraction of sp³-hybridized carbons (Fsp3) is 0.706. The van der Waals surface area contributed by atoms with E-state index in [1.54, 1.807) is 6.92 Å². The molecule has 1 unspecified atom stereocenters. The lowest BCUT2D eigenvalue weighted by Crippen LogP contribution is -2.42. The number of nitro groups is 1. The lowest BCUT2D eigenvalue weighted by Gasteiger charge is -2.22. The number of aromatic nitrogens is 2. The zero-order valence-corrected chi connectivity index (χ0v) is 16.2. The zero-order valence-electron chi connectivity index (χ0n) is 16.2. The van der Waals surface area contributed by atoms with Gasteiger partial charge in [-0.2, -0.15) is 4.98 Å². The average molecular weight is 380 g/mol. The number of hydrogen-bond donors (Lipinski definition) is 3. The maximum atomic E-state index is 11.8. The van der Waals surface area contributed by atoms with E-state index in [-0.39, 0.29) is 18.1 Å². The first-order valence-corrected chi connectivity index (χ1v) is 9.14. The zero-order chi connectivity index (χ0) is 20.0. The number of nitrogens with zero attached hydrogens (tertiary/aromatic N) is 3. The van der Waals surface area contributed by atoms with Gasteiger partial charge in [-0.1, -0.05) is 12.8 Å². The Balaban J connectivity index is 1.98. The maximum Gasteiger partial charge on any atom is 0.407 e. The first kappa shape index (κ1) is 20.7. The molecule has 1 aromatic rings. The minimum atomic E-state index is -0.544. The Bertz CT molecular complexity index is 670. The Hall–Kier alpha value is -2.65. The summed E-state index contributed by atoms with van der Waals surface area (Å²) in [6, 6.07) is 0.294. The molecule has 1 aliphatic carbocycles. The van der Waals surface area contributed by atoms with Crippen LogP contribution < -0.4 is 16.0 Å². The predicted octanol–water partition coefficient (Wildman–Crippen LogP) is 3.06. The van der Waals surface area contributed by atoms with E-state index in [0.29, 0.717) is 12.0 Å². The fourth-order valence-electron chi connectivity index (χ4n) is 2.76. The van der Waals surface area contributed by atoms with Crippen molar-refractivity contribution in [3.63, 3.8) is 0 Å². The fourth-order valence-corrected chi connectivity index (χ4v) is 2.76. The first-order chi connectivity index (χ1) is 12.6. The lowest BCUT2D eigenvalue weighted by molar-refractivity contribution is -0.384. The molecule has 0 radical (unpaired) electrons. The van der Waals surface area contributed by atoms with Crippen LogP contribution in [-0.4, -0.2) is 45.2 Å². The van der Waals surface area contributed by atoms with Crippen LogP contribution in [-0.2, 0) is 4.74 Å². The molecule has 3 N–H and O–H groups in total. The van der Waals surface area contributed by atoms with E-state index >= 15 is 0 Å². The van der Waals surface area contributed by atoms with Crippen molar-refractivity contribution in [2.45, 2.75) is 71.1 Å². The number of ether oxygens (including phenoxy) is 1. The molecule has 10 heteroatoms. The summed E-state index contributed by atoms with van der Waals surface area (Å²) >= 11 is 0. The topological polar surface area (TPSA) is 131 Å². The summed E-state index contributed by atoms with van der Waals surface area (Å²) in [5.74, 6) is 0.455. The highest BCUT2D eigenvalue weighted by Gasteiger charge is 2.22. The summed E-state index contributed by atoms with van der Waals surface area (Å²) in [6.45, 7) is 7.42. The van der Waals surface area contributed by atoms with Crippen molar-refractivity contribution in [2.75, 3.05) is 17.2 Å². The molecular formula is C17H28N6O4. The number of carbonyl (C=O) groups is 1. The second kappa shape index (κ2) is 8.83. The Morgan fingerprint density at radius 2 is 2.07 bits per heavy atom. The van der Waals surface area contributed by atoms with E-state index in [4.69, 9.17) is 4.74 Å². The van der Waals surface area contributed by atoms with Crippen LogP contribution in [0.1, 0.15) is 53.4 Å². The maximum absolute atomic E-state index is 11.8. The van der Waals surface area contributed by atoms with Crippen LogP contribution in [0.15, 0.2) is 6.20 Å². The van der Waals surface area contributed by atoms with Gasteiger partial charge in [0.2, 0.25) is 11.8 Å². The normalized spacial score (nSPS) is 15.9. The van der Waals surface area contributed by atoms with Crippen LogP contribution in [0.3, 0.4) is 0 Å². The van der Waals surface area contributed by atoms with Gasteiger partial charge in [-0.05, 0) is 40.5 Å². The number of anilines is 2. The van der Waals surface area contributed by atoms with Crippen molar-refractivity contribution >= 4 is 23.5 Å². The number of nitrogens with one attached hydrogen (secondary N) is 3. The molecule has 1 amide bonds. The third-order valence-corrected chi connectivity index (χ3v) is 4.00. The molecule has 1 aromatic heterocycles.